The number of hydrogen-bond donors (Lipinski definition) is 1. The third-order valence-electron chi connectivity index (χ3n) is 5.41. The Kier molecular flexibility index (Phi) is 5.42. The molecule has 3 rings (SSSR count). The molecule has 2 aliphatic heterocycles. The summed E-state index contributed by atoms with van der Waals surface area (Å²) in [7, 11) is 0.944. The molecule has 9 nitrogen and oxygen atoms in total. The SMILES string of the molecule is Cc1nc(C(=O)NC2CN(S(C)(=O)=O)C2)nc(N2CC[C@@H](N(C)C)C2)c1C. The average Bonchev–Trinajstić information content (AvgIpc) is 3.01. The van der Waals surface area contributed by atoms with Crippen molar-refractivity contribution >= 4 is 21.7 Å². The lowest BCUT2D eigenvalue weighted by molar-refractivity contribution is 0.0885. The maximum atomic E-state index is 12.6. The molecule has 150 valence electrons. The molecule has 2 fully saturated rings. The van der Waals surface area contributed by atoms with Gasteiger partial charge < -0.3 is 15.1 Å². The zero-order chi connectivity index (χ0) is 19.9. The number of sulfonamides is 1. The highest BCUT2D eigenvalue weighted by Gasteiger charge is 2.35. The van der Waals surface area contributed by atoms with Crippen LogP contribution in [0.1, 0.15) is 28.3 Å². The summed E-state index contributed by atoms with van der Waals surface area (Å²) in [6.07, 6.45) is 2.22. The molecular weight excluding hydrogens is 368 g/mol. The molecule has 0 aromatic carbocycles. The zero-order valence-corrected chi connectivity index (χ0v) is 17.4. The van der Waals surface area contributed by atoms with E-state index in [-0.39, 0.29) is 17.8 Å². The van der Waals surface area contributed by atoms with Crippen molar-refractivity contribution in [1.29, 1.82) is 0 Å². The summed E-state index contributed by atoms with van der Waals surface area (Å²) in [5.74, 6) is 0.587. The average molecular weight is 397 g/mol. The van der Waals surface area contributed by atoms with Gasteiger partial charge in [0.05, 0.1) is 12.3 Å². The molecule has 0 radical (unpaired) electrons. The minimum Gasteiger partial charge on any atom is -0.355 e. The smallest absolute Gasteiger partial charge is 0.289 e. The van der Waals surface area contributed by atoms with E-state index >= 15 is 0 Å². The van der Waals surface area contributed by atoms with Gasteiger partial charge in [-0.15, -0.1) is 0 Å². The van der Waals surface area contributed by atoms with Crippen molar-refractivity contribution in [1.82, 2.24) is 24.5 Å². The van der Waals surface area contributed by atoms with Gasteiger partial charge in [-0.3, -0.25) is 4.79 Å². The van der Waals surface area contributed by atoms with Crippen molar-refractivity contribution in [2.24, 2.45) is 0 Å². The molecule has 2 saturated heterocycles. The van der Waals surface area contributed by atoms with Crippen LogP contribution in [0.15, 0.2) is 0 Å². The maximum absolute atomic E-state index is 12.6. The molecule has 1 atom stereocenters. The van der Waals surface area contributed by atoms with E-state index in [9.17, 15) is 13.2 Å². The van der Waals surface area contributed by atoms with E-state index in [0.29, 0.717) is 19.1 Å². The van der Waals surface area contributed by atoms with Crippen LogP contribution in [0.25, 0.3) is 0 Å². The Morgan fingerprint density at radius 3 is 2.41 bits per heavy atom. The van der Waals surface area contributed by atoms with Crippen molar-refractivity contribution in [2.75, 3.05) is 51.4 Å². The largest absolute Gasteiger partial charge is 0.355 e. The molecular formula is C17H28N6O3S. The molecule has 0 aliphatic carbocycles. The Hall–Kier alpha value is -1.78. The first kappa shape index (κ1) is 20.0. The Balaban J connectivity index is 1.71. The van der Waals surface area contributed by atoms with Crippen LogP contribution in [0.4, 0.5) is 5.82 Å². The number of anilines is 1. The summed E-state index contributed by atoms with van der Waals surface area (Å²) < 4.78 is 24.2. The Morgan fingerprint density at radius 2 is 1.85 bits per heavy atom. The Bertz CT molecular complexity index is 835. The van der Waals surface area contributed by atoms with Gasteiger partial charge in [0.1, 0.15) is 5.82 Å². The van der Waals surface area contributed by atoms with Crippen LogP contribution < -0.4 is 10.2 Å². The first-order valence-electron chi connectivity index (χ1n) is 9.09. The van der Waals surface area contributed by atoms with Crippen LogP contribution in [-0.2, 0) is 10.0 Å². The van der Waals surface area contributed by atoms with E-state index in [2.05, 4.69) is 39.2 Å². The lowest BCUT2D eigenvalue weighted by atomic mass is 10.2. The van der Waals surface area contributed by atoms with Gasteiger partial charge >= 0.3 is 0 Å². The molecule has 1 amide bonds. The summed E-state index contributed by atoms with van der Waals surface area (Å²) in [5.41, 5.74) is 1.77. The number of carbonyl (C=O) groups is 1. The number of likely N-dealkylation sites (N-methyl/N-ethyl adjacent to an activating group) is 1. The van der Waals surface area contributed by atoms with Gasteiger partial charge in [0.15, 0.2) is 0 Å². The number of nitrogens with zero attached hydrogens (tertiary/aromatic N) is 5. The van der Waals surface area contributed by atoms with E-state index in [1.165, 1.54) is 10.6 Å². The minimum atomic E-state index is -3.20. The second-order valence-corrected chi connectivity index (χ2v) is 9.67. The standard InChI is InChI=1S/C17H28N6O3S/c1-11-12(2)18-15(17(24)19-13-8-23(9-13)27(5,25)26)20-16(11)22-7-6-14(10-22)21(3)4/h13-14H,6-10H2,1-5H3,(H,19,24)/t14-/m1/s1. The van der Waals surface area contributed by atoms with Gasteiger partial charge in [-0.25, -0.2) is 18.4 Å². The molecule has 0 spiro atoms. The van der Waals surface area contributed by atoms with Crippen LogP contribution >= 0.6 is 0 Å². The topological polar surface area (TPSA) is 98.7 Å². The number of aromatic nitrogens is 2. The summed E-state index contributed by atoms with van der Waals surface area (Å²) in [4.78, 5) is 25.9. The fraction of sp³-hybridized carbons (Fsp3) is 0.706. The molecule has 27 heavy (non-hydrogen) atoms. The lowest BCUT2D eigenvalue weighted by Crippen LogP contribution is -2.60. The number of aryl methyl sites for hydroxylation is 1. The maximum Gasteiger partial charge on any atom is 0.289 e. The predicted octanol–water partition coefficient (Wildman–Crippen LogP) is -0.393. The molecule has 1 aromatic rings. The van der Waals surface area contributed by atoms with Crippen LogP contribution in [0.2, 0.25) is 0 Å². The number of hydrogen-bond acceptors (Lipinski definition) is 7. The Labute approximate surface area is 160 Å². The fourth-order valence-electron chi connectivity index (χ4n) is 3.43. The van der Waals surface area contributed by atoms with Gasteiger partial charge in [-0.05, 0) is 34.4 Å². The number of carbonyl (C=O) groups excluding carboxylic acids is 1. The summed E-state index contributed by atoms with van der Waals surface area (Å²) in [6, 6.07) is 0.264. The highest BCUT2D eigenvalue weighted by atomic mass is 32.2. The molecule has 2 aliphatic rings. The van der Waals surface area contributed by atoms with Crippen molar-refractivity contribution in [3.63, 3.8) is 0 Å². The first-order valence-corrected chi connectivity index (χ1v) is 10.9. The Morgan fingerprint density at radius 1 is 1.19 bits per heavy atom. The molecule has 3 heterocycles. The van der Waals surface area contributed by atoms with E-state index in [0.717, 1.165) is 36.6 Å². The van der Waals surface area contributed by atoms with Crippen LogP contribution in [0.3, 0.4) is 0 Å². The minimum absolute atomic E-state index is 0.138. The van der Waals surface area contributed by atoms with Gasteiger partial charge in [0.2, 0.25) is 15.8 Å². The second kappa shape index (κ2) is 7.33. The van der Waals surface area contributed by atoms with Crippen molar-refractivity contribution in [3.8, 4) is 0 Å². The molecule has 1 aromatic heterocycles. The number of rotatable bonds is 5. The third kappa shape index (κ3) is 4.22. The highest BCUT2D eigenvalue weighted by molar-refractivity contribution is 7.88. The summed E-state index contributed by atoms with van der Waals surface area (Å²) in [6.45, 7) is 6.21. The van der Waals surface area contributed by atoms with Gasteiger partial charge in [0, 0.05) is 43.5 Å². The molecule has 0 unspecified atom stereocenters. The van der Waals surface area contributed by atoms with Crippen molar-refractivity contribution in [2.45, 2.75) is 32.4 Å². The van der Waals surface area contributed by atoms with Crippen molar-refractivity contribution < 1.29 is 13.2 Å². The van der Waals surface area contributed by atoms with E-state index < -0.39 is 10.0 Å². The van der Waals surface area contributed by atoms with E-state index in [1.807, 2.05) is 13.8 Å². The van der Waals surface area contributed by atoms with Gasteiger partial charge in [-0.1, -0.05) is 0 Å². The fourth-order valence-corrected chi connectivity index (χ4v) is 4.33. The normalized spacial score (nSPS) is 21.6. The van der Waals surface area contributed by atoms with Crippen LogP contribution in [0.5, 0.6) is 0 Å². The van der Waals surface area contributed by atoms with Gasteiger partial charge in [0.25, 0.3) is 5.91 Å². The van der Waals surface area contributed by atoms with Gasteiger partial charge in [-0.2, -0.15) is 4.31 Å². The van der Waals surface area contributed by atoms with E-state index in [4.69, 9.17) is 0 Å². The van der Waals surface area contributed by atoms with E-state index in [1.54, 1.807) is 0 Å². The molecule has 10 heteroatoms. The summed E-state index contributed by atoms with van der Waals surface area (Å²) >= 11 is 0. The van der Waals surface area contributed by atoms with Crippen LogP contribution in [-0.4, -0.2) is 92.1 Å². The summed E-state index contributed by atoms with van der Waals surface area (Å²) in [5, 5.41) is 2.83. The number of nitrogens with one attached hydrogen (secondary N) is 1. The third-order valence-corrected chi connectivity index (χ3v) is 6.65. The predicted molar refractivity (Wildman–Crippen MR) is 103 cm³/mol. The highest BCUT2D eigenvalue weighted by Crippen LogP contribution is 2.25. The monoisotopic (exact) mass is 396 g/mol. The zero-order valence-electron chi connectivity index (χ0n) is 16.6. The molecule has 0 bridgehead atoms. The quantitative estimate of drug-likeness (QED) is 0.723. The molecule has 0 saturated carbocycles. The number of amides is 1. The second-order valence-electron chi connectivity index (χ2n) is 7.68. The first-order chi connectivity index (χ1) is 12.6. The van der Waals surface area contributed by atoms with Crippen LogP contribution in [0, 0.1) is 13.8 Å². The lowest BCUT2D eigenvalue weighted by Gasteiger charge is -2.37. The molecule has 1 N–H and O–H groups in total. The van der Waals surface area contributed by atoms with Crippen molar-refractivity contribution in [3.05, 3.63) is 17.1 Å².